The average molecular weight is 279 g/mol. The van der Waals surface area contributed by atoms with E-state index in [0.717, 1.165) is 0 Å². The summed E-state index contributed by atoms with van der Waals surface area (Å²) in [6, 6.07) is 0.806. The number of hydrogen-bond donors (Lipinski definition) is 2. The topological polar surface area (TPSA) is 89.6 Å². The Kier molecular flexibility index (Phi) is 3.78. The second-order valence-electron chi connectivity index (χ2n) is 5.37. The van der Waals surface area contributed by atoms with Gasteiger partial charge in [0.05, 0.1) is 11.9 Å². The van der Waals surface area contributed by atoms with Gasteiger partial charge in [-0.1, -0.05) is 0 Å². The smallest absolute Gasteiger partial charge is 0.408 e. The molecule has 0 fully saturated rings. The zero-order valence-electron chi connectivity index (χ0n) is 11.6. The molecule has 1 aromatic rings. The fourth-order valence-corrected chi connectivity index (χ4v) is 1.62. The van der Waals surface area contributed by atoms with Crippen LogP contribution in [0.2, 0.25) is 0 Å². The lowest BCUT2D eigenvalue weighted by Crippen LogP contribution is -2.48. The first-order chi connectivity index (χ1) is 9.35. The number of pyridine rings is 1. The molecule has 7 heteroatoms. The van der Waals surface area contributed by atoms with Crippen LogP contribution in [-0.4, -0.2) is 35.2 Å². The first-order valence-corrected chi connectivity index (χ1v) is 6.22. The number of amides is 2. The Morgan fingerprint density at radius 3 is 3.00 bits per heavy atom. The van der Waals surface area contributed by atoms with Crippen molar-refractivity contribution in [2.45, 2.75) is 32.4 Å². The number of ether oxygens (including phenoxy) is 2. The Morgan fingerprint density at radius 1 is 1.55 bits per heavy atom. The van der Waals surface area contributed by atoms with Gasteiger partial charge in [0.15, 0.2) is 5.75 Å². The highest BCUT2D eigenvalue weighted by molar-refractivity contribution is 5.98. The molecule has 0 bridgehead atoms. The number of hydrogen-bond acceptors (Lipinski definition) is 5. The molecule has 1 atom stereocenters. The summed E-state index contributed by atoms with van der Waals surface area (Å²) in [5.74, 6) is 0.107. The first-order valence-electron chi connectivity index (χ1n) is 6.22. The summed E-state index contributed by atoms with van der Waals surface area (Å²) < 4.78 is 10.6. The number of rotatable bonds is 1. The van der Waals surface area contributed by atoms with Crippen molar-refractivity contribution in [3.63, 3.8) is 0 Å². The lowest BCUT2D eigenvalue weighted by Gasteiger charge is -2.22. The third-order valence-electron chi connectivity index (χ3n) is 2.46. The second kappa shape index (κ2) is 5.36. The average Bonchev–Trinajstić information content (AvgIpc) is 2.47. The SMILES string of the molecule is CC(C)(C)OC(=O)NC1COc2cnccc2NC1=O. The number of anilines is 1. The number of alkyl carbamates (subject to hydrolysis) is 1. The number of carbonyl (C=O) groups excluding carboxylic acids is 2. The summed E-state index contributed by atoms with van der Waals surface area (Å²) in [5, 5.41) is 5.15. The maximum atomic E-state index is 12.0. The largest absolute Gasteiger partial charge is 0.487 e. The zero-order valence-corrected chi connectivity index (χ0v) is 11.6. The van der Waals surface area contributed by atoms with Gasteiger partial charge in [-0.15, -0.1) is 0 Å². The molecule has 2 rings (SSSR count). The molecule has 1 aliphatic heterocycles. The molecular formula is C13H17N3O4. The van der Waals surface area contributed by atoms with E-state index < -0.39 is 17.7 Å². The summed E-state index contributed by atoms with van der Waals surface area (Å²) in [6.07, 6.45) is 2.39. The van der Waals surface area contributed by atoms with Crippen LogP contribution in [0.5, 0.6) is 5.75 Å². The van der Waals surface area contributed by atoms with Gasteiger partial charge in [0.1, 0.15) is 18.2 Å². The third-order valence-corrected chi connectivity index (χ3v) is 2.46. The van der Waals surface area contributed by atoms with E-state index in [1.807, 2.05) is 0 Å². The minimum Gasteiger partial charge on any atom is -0.487 e. The molecule has 0 saturated carbocycles. The van der Waals surface area contributed by atoms with Gasteiger partial charge in [-0.3, -0.25) is 9.78 Å². The van der Waals surface area contributed by atoms with Crippen LogP contribution in [0.1, 0.15) is 20.8 Å². The van der Waals surface area contributed by atoms with Crippen LogP contribution >= 0.6 is 0 Å². The zero-order chi connectivity index (χ0) is 14.8. The Balaban J connectivity index is 2.02. The third kappa shape index (κ3) is 3.59. The van der Waals surface area contributed by atoms with Gasteiger partial charge in [-0.2, -0.15) is 0 Å². The standard InChI is InChI=1S/C13H17N3O4/c1-13(2,3)20-12(18)16-9-7-19-10-6-14-5-4-8(10)15-11(9)17/h4-6,9H,7H2,1-3H3,(H,15,17)(H,16,18). The molecule has 2 N–H and O–H groups in total. The highest BCUT2D eigenvalue weighted by atomic mass is 16.6. The van der Waals surface area contributed by atoms with Crippen LogP contribution in [0, 0.1) is 0 Å². The quantitative estimate of drug-likeness (QED) is 0.809. The molecule has 0 saturated heterocycles. The number of nitrogens with zero attached hydrogens (tertiary/aromatic N) is 1. The highest BCUT2D eigenvalue weighted by Gasteiger charge is 2.28. The monoisotopic (exact) mass is 279 g/mol. The minimum atomic E-state index is -0.822. The maximum Gasteiger partial charge on any atom is 0.408 e. The van der Waals surface area contributed by atoms with E-state index in [0.29, 0.717) is 11.4 Å². The predicted octanol–water partition coefficient (Wildman–Crippen LogP) is 1.31. The molecule has 2 heterocycles. The van der Waals surface area contributed by atoms with Crippen molar-refractivity contribution in [2.24, 2.45) is 0 Å². The number of carbonyl (C=O) groups is 2. The Morgan fingerprint density at radius 2 is 2.30 bits per heavy atom. The first kappa shape index (κ1) is 14.1. The number of aromatic nitrogens is 1. The molecule has 1 aliphatic rings. The number of fused-ring (bicyclic) bond motifs is 1. The highest BCUT2D eigenvalue weighted by Crippen LogP contribution is 2.24. The molecule has 20 heavy (non-hydrogen) atoms. The van der Waals surface area contributed by atoms with E-state index in [4.69, 9.17) is 9.47 Å². The molecule has 1 unspecified atom stereocenters. The van der Waals surface area contributed by atoms with Crippen LogP contribution in [-0.2, 0) is 9.53 Å². The normalized spacial score (nSPS) is 18.1. The van der Waals surface area contributed by atoms with Crippen LogP contribution in [0.25, 0.3) is 0 Å². The van der Waals surface area contributed by atoms with Gasteiger partial charge < -0.3 is 20.1 Å². The molecular weight excluding hydrogens is 262 g/mol. The van der Waals surface area contributed by atoms with Crippen LogP contribution in [0.15, 0.2) is 18.5 Å². The maximum absolute atomic E-state index is 12.0. The lowest BCUT2D eigenvalue weighted by molar-refractivity contribution is -0.118. The van der Waals surface area contributed by atoms with Gasteiger partial charge in [-0.05, 0) is 26.8 Å². The van der Waals surface area contributed by atoms with Gasteiger partial charge in [0.25, 0.3) is 5.91 Å². The predicted molar refractivity (Wildman–Crippen MR) is 71.5 cm³/mol. The Hall–Kier alpha value is -2.31. The minimum absolute atomic E-state index is 0.0176. The molecule has 0 aliphatic carbocycles. The second-order valence-corrected chi connectivity index (χ2v) is 5.37. The van der Waals surface area contributed by atoms with Crippen molar-refractivity contribution in [3.05, 3.63) is 18.5 Å². The lowest BCUT2D eigenvalue weighted by atomic mass is 10.2. The van der Waals surface area contributed by atoms with Crippen molar-refractivity contribution in [3.8, 4) is 5.75 Å². The molecule has 0 spiro atoms. The number of nitrogens with one attached hydrogen (secondary N) is 2. The summed E-state index contributed by atoms with van der Waals surface area (Å²) in [6.45, 7) is 5.26. The Bertz CT molecular complexity index is 525. The van der Waals surface area contributed by atoms with E-state index >= 15 is 0 Å². The van der Waals surface area contributed by atoms with Crippen LogP contribution in [0.4, 0.5) is 10.5 Å². The summed E-state index contributed by atoms with van der Waals surface area (Å²) >= 11 is 0. The molecule has 1 aromatic heterocycles. The van der Waals surface area contributed by atoms with Gasteiger partial charge in [-0.25, -0.2) is 4.79 Å². The van der Waals surface area contributed by atoms with Crippen molar-refractivity contribution >= 4 is 17.7 Å². The molecule has 2 amide bonds. The van der Waals surface area contributed by atoms with E-state index in [9.17, 15) is 9.59 Å². The summed E-state index contributed by atoms with van der Waals surface area (Å²) in [4.78, 5) is 27.6. The van der Waals surface area contributed by atoms with E-state index in [1.165, 1.54) is 6.20 Å². The molecule has 7 nitrogen and oxygen atoms in total. The van der Waals surface area contributed by atoms with Gasteiger partial charge in [0.2, 0.25) is 0 Å². The van der Waals surface area contributed by atoms with Crippen molar-refractivity contribution in [1.82, 2.24) is 10.3 Å². The van der Waals surface area contributed by atoms with E-state index in [1.54, 1.807) is 33.0 Å². The van der Waals surface area contributed by atoms with Gasteiger partial charge in [0, 0.05) is 6.20 Å². The van der Waals surface area contributed by atoms with E-state index in [-0.39, 0.29) is 12.5 Å². The van der Waals surface area contributed by atoms with E-state index in [2.05, 4.69) is 15.6 Å². The Labute approximate surface area is 116 Å². The van der Waals surface area contributed by atoms with Gasteiger partial charge >= 0.3 is 6.09 Å². The molecule has 108 valence electrons. The van der Waals surface area contributed by atoms with Crippen molar-refractivity contribution < 1.29 is 19.1 Å². The fourth-order valence-electron chi connectivity index (χ4n) is 1.62. The van der Waals surface area contributed by atoms with Crippen molar-refractivity contribution in [1.29, 1.82) is 0 Å². The summed E-state index contributed by atoms with van der Waals surface area (Å²) in [7, 11) is 0. The van der Waals surface area contributed by atoms with Crippen molar-refractivity contribution in [2.75, 3.05) is 11.9 Å². The fraction of sp³-hybridized carbons (Fsp3) is 0.462. The van der Waals surface area contributed by atoms with Crippen LogP contribution < -0.4 is 15.4 Å². The van der Waals surface area contributed by atoms with Crippen LogP contribution in [0.3, 0.4) is 0 Å². The molecule has 0 radical (unpaired) electrons. The summed E-state index contributed by atoms with van der Waals surface area (Å²) in [5.41, 5.74) is -0.0996. The molecule has 0 aromatic carbocycles.